The lowest BCUT2D eigenvalue weighted by Crippen LogP contribution is -2.24. The van der Waals surface area contributed by atoms with Crippen LogP contribution >= 0.6 is 11.8 Å². The average molecular weight is 377 g/mol. The molecule has 1 N–H and O–H groups in total. The maximum Gasteiger partial charge on any atom is 0.278 e. The third-order valence-electron chi connectivity index (χ3n) is 4.54. The lowest BCUT2D eigenvalue weighted by molar-refractivity contribution is 0.407. The van der Waals surface area contributed by atoms with Crippen molar-refractivity contribution in [3.05, 3.63) is 76.7 Å². The smallest absolute Gasteiger partial charge is 0.278 e. The van der Waals surface area contributed by atoms with Gasteiger partial charge in [-0.05, 0) is 17.9 Å². The second-order valence-electron chi connectivity index (χ2n) is 6.09. The van der Waals surface area contributed by atoms with Crippen molar-refractivity contribution in [1.29, 1.82) is 0 Å². The van der Waals surface area contributed by atoms with Crippen molar-refractivity contribution in [2.24, 2.45) is 0 Å². The molecule has 6 heteroatoms. The highest BCUT2D eigenvalue weighted by molar-refractivity contribution is 7.98. The molecule has 0 aliphatic heterocycles. The number of fused-ring (bicyclic) bond motifs is 1. The summed E-state index contributed by atoms with van der Waals surface area (Å²) < 4.78 is 7.12. The molecule has 0 aliphatic carbocycles. The van der Waals surface area contributed by atoms with Crippen LogP contribution in [0.5, 0.6) is 5.75 Å². The summed E-state index contributed by atoms with van der Waals surface area (Å²) >= 11 is 1.46. The van der Waals surface area contributed by atoms with E-state index in [0.717, 1.165) is 22.4 Å². The van der Waals surface area contributed by atoms with E-state index in [1.807, 2.05) is 67.0 Å². The van der Waals surface area contributed by atoms with E-state index in [-0.39, 0.29) is 5.56 Å². The molecule has 0 saturated heterocycles. The van der Waals surface area contributed by atoms with Gasteiger partial charge in [0, 0.05) is 17.3 Å². The highest BCUT2D eigenvalue weighted by Gasteiger charge is 2.17. The maximum absolute atomic E-state index is 13.2. The molecule has 2 heterocycles. The minimum Gasteiger partial charge on any atom is -0.496 e. The summed E-state index contributed by atoms with van der Waals surface area (Å²) in [6.45, 7) is 0.404. The Bertz CT molecular complexity index is 1150. The Hall–Kier alpha value is -2.99. The van der Waals surface area contributed by atoms with Crippen LogP contribution in [-0.4, -0.2) is 27.9 Å². The first-order valence-corrected chi connectivity index (χ1v) is 9.78. The number of rotatable bonds is 5. The van der Waals surface area contributed by atoms with Gasteiger partial charge in [-0.15, -0.1) is 0 Å². The molecule has 0 unspecified atom stereocenters. The number of H-pyrrole nitrogens is 1. The lowest BCUT2D eigenvalue weighted by atomic mass is 10.1. The van der Waals surface area contributed by atoms with Crippen molar-refractivity contribution < 1.29 is 4.74 Å². The molecule has 5 nitrogen and oxygen atoms in total. The van der Waals surface area contributed by atoms with E-state index in [0.29, 0.717) is 22.7 Å². The Morgan fingerprint density at radius 3 is 2.59 bits per heavy atom. The summed E-state index contributed by atoms with van der Waals surface area (Å²) in [4.78, 5) is 21.1. The number of aromatic amines is 1. The largest absolute Gasteiger partial charge is 0.496 e. The molecule has 0 amide bonds. The first-order chi connectivity index (χ1) is 13.2. The van der Waals surface area contributed by atoms with Gasteiger partial charge in [-0.25, -0.2) is 4.98 Å². The number of benzene rings is 2. The quantitative estimate of drug-likeness (QED) is 0.419. The first-order valence-electron chi connectivity index (χ1n) is 8.56. The van der Waals surface area contributed by atoms with Crippen LogP contribution in [0, 0.1) is 0 Å². The molecule has 4 aromatic rings. The van der Waals surface area contributed by atoms with E-state index in [2.05, 4.69) is 4.98 Å². The van der Waals surface area contributed by atoms with E-state index in [1.165, 1.54) is 11.8 Å². The van der Waals surface area contributed by atoms with E-state index in [1.54, 1.807) is 11.7 Å². The highest BCUT2D eigenvalue weighted by Crippen LogP contribution is 2.28. The van der Waals surface area contributed by atoms with Crippen LogP contribution in [0.3, 0.4) is 0 Å². The van der Waals surface area contributed by atoms with Crippen molar-refractivity contribution in [1.82, 2.24) is 14.5 Å². The van der Waals surface area contributed by atoms with Crippen LogP contribution in [0.15, 0.2) is 70.7 Å². The van der Waals surface area contributed by atoms with Gasteiger partial charge < -0.3 is 9.72 Å². The van der Waals surface area contributed by atoms with Crippen LogP contribution < -0.4 is 10.3 Å². The summed E-state index contributed by atoms with van der Waals surface area (Å²) in [5, 5.41) is 0.676. The number of aromatic nitrogens is 3. The number of nitrogens with zero attached hydrogens (tertiary/aromatic N) is 2. The van der Waals surface area contributed by atoms with Gasteiger partial charge in [0.05, 0.1) is 13.7 Å². The summed E-state index contributed by atoms with van der Waals surface area (Å²) in [5.74, 6) is 0.757. The van der Waals surface area contributed by atoms with Crippen molar-refractivity contribution in [2.45, 2.75) is 11.7 Å². The van der Waals surface area contributed by atoms with Crippen LogP contribution in [0.1, 0.15) is 5.56 Å². The Morgan fingerprint density at radius 1 is 1.11 bits per heavy atom. The second-order valence-corrected chi connectivity index (χ2v) is 6.87. The number of methoxy groups -OCH3 is 1. The predicted molar refractivity (Wildman–Crippen MR) is 110 cm³/mol. The topological polar surface area (TPSA) is 59.9 Å². The SMILES string of the molecule is COc1ccccc1Cn1c(SC)nc2c(-c3ccccc3)c[nH]c2c1=O. The number of nitrogens with one attached hydrogen (secondary N) is 1. The second kappa shape index (κ2) is 7.32. The number of ether oxygens (including phenoxy) is 1. The fraction of sp³-hybridized carbons (Fsp3) is 0.143. The molecule has 0 saturated carbocycles. The molecular formula is C21H19N3O2S. The summed E-state index contributed by atoms with van der Waals surface area (Å²) in [7, 11) is 1.63. The normalized spacial score (nSPS) is 11.0. The van der Waals surface area contributed by atoms with Gasteiger partial charge in [-0.2, -0.15) is 0 Å². The van der Waals surface area contributed by atoms with Gasteiger partial charge in [0.2, 0.25) is 0 Å². The van der Waals surface area contributed by atoms with Gasteiger partial charge in [0.1, 0.15) is 16.8 Å². The van der Waals surface area contributed by atoms with Gasteiger partial charge in [-0.1, -0.05) is 60.3 Å². The summed E-state index contributed by atoms with van der Waals surface area (Å²) in [5.41, 5.74) is 4.03. The highest BCUT2D eigenvalue weighted by atomic mass is 32.2. The summed E-state index contributed by atoms with van der Waals surface area (Å²) in [6, 6.07) is 17.7. The van der Waals surface area contributed by atoms with Crippen LogP contribution in [-0.2, 0) is 6.54 Å². The van der Waals surface area contributed by atoms with Gasteiger partial charge >= 0.3 is 0 Å². The Balaban J connectivity index is 1.88. The predicted octanol–water partition coefficient (Wildman–Crippen LogP) is 4.17. The monoisotopic (exact) mass is 377 g/mol. The molecule has 0 atom stereocenters. The van der Waals surface area contributed by atoms with Crippen LogP contribution in [0.2, 0.25) is 0 Å². The molecule has 0 radical (unpaired) electrons. The van der Waals surface area contributed by atoms with Gasteiger partial charge in [0.25, 0.3) is 5.56 Å². The van der Waals surface area contributed by atoms with Gasteiger partial charge in [-0.3, -0.25) is 9.36 Å². The first kappa shape index (κ1) is 17.4. The van der Waals surface area contributed by atoms with Crippen LogP contribution in [0.4, 0.5) is 0 Å². The van der Waals surface area contributed by atoms with Crippen molar-refractivity contribution >= 4 is 22.8 Å². The lowest BCUT2D eigenvalue weighted by Gasteiger charge is -2.13. The van der Waals surface area contributed by atoms with Crippen molar-refractivity contribution in [2.75, 3.05) is 13.4 Å². The zero-order valence-electron chi connectivity index (χ0n) is 15.1. The third-order valence-corrected chi connectivity index (χ3v) is 5.22. The zero-order valence-corrected chi connectivity index (χ0v) is 15.9. The van der Waals surface area contributed by atoms with Crippen LogP contribution in [0.25, 0.3) is 22.2 Å². The van der Waals surface area contributed by atoms with Crippen molar-refractivity contribution in [3.63, 3.8) is 0 Å². The fourth-order valence-electron chi connectivity index (χ4n) is 3.21. The number of thioether (sulfide) groups is 1. The molecular weight excluding hydrogens is 358 g/mol. The number of hydrogen-bond acceptors (Lipinski definition) is 4. The molecule has 0 spiro atoms. The Labute approximate surface area is 161 Å². The van der Waals surface area contributed by atoms with Crippen molar-refractivity contribution in [3.8, 4) is 16.9 Å². The minimum atomic E-state index is -0.0857. The fourth-order valence-corrected chi connectivity index (χ4v) is 3.76. The molecule has 0 aliphatic rings. The molecule has 27 heavy (non-hydrogen) atoms. The van der Waals surface area contributed by atoms with E-state index < -0.39 is 0 Å². The standard InChI is InChI=1S/C21H19N3O2S/c1-26-17-11-7-6-10-15(17)13-24-20(25)19-18(23-21(24)27-2)16(12-22-19)14-8-4-3-5-9-14/h3-12,22H,13H2,1-2H3. The number of para-hydroxylation sites is 1. The molecule has 4 rings (SSSR count). The Morgan fingerprint density at radius 2 is 1.85 bits per heavy atom. The molecule has 2 aromatic carbocycles. The maximum atomic E-state index is 13.2. The van der Waals surface area contributed by atoms with E-state index >= 15 is 0 Å². The molecule has 0 bridgehead atoms. The van der Waals surface area contributed by atoms with Gasteiger partial charge in [0.15, 0.2) is 5.16 Å². The Kier molecular flexibility index (Phi) is 4.73. The number of hydrogen-bond donors (Lipinski definition) is 1. The summed E-state index contributed by atoms with van der Waals surface area (Å²) in [6.07, 6.45) is 3.78. The van der Waals surface area contributed by atoms with E-state index in [4.69, 9.17) is 9.72 Å². The molecule has 136 valence electrons. The molecule has 0 fully saturated rings. The third kappa shape index (κ3) is 3.13. The van der Waals surface area contributed by atoms with E-state index in [9.17, 15) is 4.79 Å². The minimum absolute atomic E-state index is 0.0857. The molecule has 2 aromatic heterocycles. The zero-order chi connectivity index (χ0) is 18.8. The average Bonchev–Trinajstić information content (AvgIpc) is 3.15.